The van der Waals surface area contributed by atoms with Crippen molar-refractivity contribution in [2.45, 2.75) is 109 Å². The SMILES string of the molecule is CCN1C([BH-]2C3CCCC2CCC3)=[N+](CC)[C@@H]2CC[C@@]1(C)C2(C)C. The van der Waals surface area contributed by atoms with E-state index in [-0.39, 0.29) is 6.71 Å². The van der Waals surface area contributed by atoms with E-state index in [1.165, 1.54) is 64.5 Å². The third kappa shape index (κ3) is 2.05. The van der Waals surface area contributed by atoms with E-state index in [0.29, 0.717) is 11.0 Å². The average Bonchev–Trinajstić information content (AvgIpc) is 2.70. The number of rotatable bonds is 3. The summed E-state index contributed by atoms with van der Waals surface area (Å²) in [7, 11) is 0. The van der Waals surface area contributed by atoms with Gasteiger partial charge in [0.15, 0.2) is 0 Å². The summed E-state index contributed by atoms with van der Waals surface area (Å²) in [4.78, 5) is 2.94. The van der Waals surface area contributed by atoms with Crippen LogP contribution in [-0.4, -0.2) is 46.6 Å². The maximum atomic E-state index is 2.94. The summed E-state index contributed by atoms with van der Waals surface area (Å²) in [6.07, 6.45) is 11.9. The van der Waals surface area contributed by atoms with Crippen LogP contribution in [0.3, 0.4) is 0 Å². The van der Waals surface area contributed by atoms with Gasteiger partial charge in [0, 0.05) is 5.41 Å². The highest BCUT2D eigenvalue weighted by atomic mass is 15.3. The van der Waals surface area contributed by atoms with Crippen LogP contribution >= 0.6 is 0 Å². The highest BCUT2D eigenvalue weighted by Crippen LogP contribution is 2.56. The molecule has 1 saturated carbocycles. The Balaban J connectivity index is 1.85. The number of hydrogen-bond donors (Lipinski definition) is 0. The Labute approximate surface area is 150 Å². The highest BCUT2D eigenvalue weighted by molar-refractivity contribution is 6.92. The average molecular weight is 330 g/mol. The predicted octanol–water partition coefficient (Wildman–Crippen LogP) is 4.57. The van der Waals surface area contributed by atoms with Crippen LogP contribution in [0.5, 0.6) is 0 Å². The first-order valence-corrected chi connectivity index (χ1v) is 11.1. The molecule has 24 heavy (non-hydrogen) atoms. The molecule has 3 aliphatic heterocycles. The Morgan fingerprint density at radius 1 is 1.00 bits per heavy atom. The first-order valence-electron chi connectivity index (χ1n) is 11.1. The summed E-state index contributed by atoms with van der Waals surface area (Å²) in [5.41, 5.74) is 2.66. The van der Waals surface area contributed by atoms with E-state index < -0.39 is 0 Å². The first-order chi connectivity index (χ1) is 11.5. The van der Waals surface area contributed by atoms with Crippen molar-refractivity contribution in [3.8, 4) is 0 Å². The van der Waals surface area contributed by atoms with Crippen LogP contribution in [-0.2, 0) is 0 Å². The van der Waals surface area contributed by atoms with Crippen molar-refractivity contribution < 1.29 is 4.58 Å². The summed E-state index contributed by atoms with van der Waals surface area (Å²) in [5.74, 6) is 2.11. The second-order valence-electron chi connectivity index (χ2n) is 10.2. The Morgan fingerprint density at radius 2 is 1.58 bits per heavy atom. The monoisotopic (exact) mass is 330 g/mol. The van der Waals surface area contributed by atoms with Gasteiger partial charge >= 0.3 is 0 Å². The molecule has 0 aromatic heterocycles. The molecule has 2 atom stereocenters. The first kappa shape index (κ1) is 17.0. The summed E-state index contributed by atoms with van der Waals surface area (Å²) >= 11 is 0. The molecular weight excluding hydrogens is 291 g/mol. The van der Waals surface area contributed by atoms with Gasteiger partial charge in [-0.15, -0.1) is 0 Å². The number of hydrogen-bond acceptors (Lipinski definition) is 1. The van der Waals surface area contributed by atoms with Gasteiger partial charge in [-0.2, -0.15) is 11.6 Å². The maximum Gasteiger partial charge on any atom is 0.113 e. The summed E-state index contributed by atoms with van der Waals surface area (Å²) in [6, 6.07) is 0.778. The minimum absolute atomic E-state index is 0.165. The van der Waals surface area contributed by atoms with Crippen LogP contribution in [0.25, 0.3) is 0 Å². The Hall–Kier alpha value is -0.465. The van der Waals surface area contributed by atoms with Crippen LogP contribution in [0.1, 0.15) is 86.0 Å². The topological polar surface area (TPSA) is 6.25 Å². The van der Waals surface area contributed by atoms with Gasteiger partial charge in [-0.25, -0.2) is 0 Å². The molecule has 0 aromatic carbocycles. The fourth-order valence-electron chi connectivity index (χ4n) is 8.04. The lowest BCUT2D eigenvalue weighted by molar-refractivity contribution is -0.587. The zero-order chi connectivity index (χ0) is 17.1. The van der Waals surface area contributed by atoms with Crippen LogP contribution in [0.15, 0.2) is 0 Å². The van der Waals surface area contributed by atoms with E-state index in [0.717, 1.165) is 17.7 Å². The molecule has 2 saturated heterocycles. The van der Waals surface area contributed by atoms with E-state index in [9.17, 15) is 0 Å². The van der Waals surface area contributed by atoms with Gasteiger partial charge in [0.1, 0.15) is 18.3 Å². The summed E-state index contributed by atoms with van der Waals surface area (Å²) in [6.45, 7) is 14.8. The molecule has 0 amide bonds. The molecule has 2 nitrogen and oxygen atoms in total. The van der Waals surface area contributed by atoms with Crippen molar-refractivity contribution in [1.82, 2.24) is 4.90 Å². The van der Waals surface area contributed by atoms with E-state index in [4.69, 9.17) is 0 Å². The molecule has 0 radical (unpaired) electrons. The largest absolute Gasteiger partial charge is 0.299 e. The van der Waals surface area contributed by atoms with Gasteiger partial charge in [-0.1, -0.05) is 52.4 Å². The second kappa shape index (κ2) is 5.78. The van der Waals surface area contributed by atoms with Crippen LogP contribution in [0, 0.1) is 5.41 Å². The molecule has 136 valence electrons. The predicted molar refractivity (Wildman–Crippen MR) is 106 cm³/mol. The van der Waals surface area contributed by atoms with Crippen molar-refractivity contribution in [1.29, 1.82) is 0 Å². The lowest BCUT2D eigenvalue weighted by atomic mass is 9.26. The highest BCUT2D eigenvalue weighted by Gasteiger charge is 2.64. The van der Waals surface area contributed by atoms with Crippen molar-refractivity contribution >= 4 is 12.4 Å². The Kier molecular flexibility index (Phi) is 4.09. The van der Waals surface area contributed by atoms with Crippen LogP contribution in [0.2, 0.25) is 11.6 Å². The molecule has 0 spiro atoms. The molecule has 3 heterocycles. The van der Waals surface area contributed by atoms with Crippen LogP contribution < -0.4 is 0 Å². The fraction of sp³-hybridized carbons (Fsp3) is 0.952. The number of fused-ring (bicyclic) bond motifs is 4. The van der Waals surface area contributed by atoms with Crippen molar-refractivity contribution in [2.24, 2.45) is 5.41 Å². The molecule has 0 aromatic rings. The summed E-state index contributed by atoms with van der Waals surface area (Å²) < 4.78 is 2.93. The smallest absolute Gasteiger partial charge is 0.113 e. The maximum absolute atomic E-state index is 2.94. The third-order valence-corrected chi connectivity index (χ3v) is 9.46. The minimum Gasteiger partial charge on any atom is -0.299 e. The zero-order valence-corrected chi connectivity index (χ0v) is 16.9. The van der Waals surface area contributed by atoms with Gasteiger partial charge in [0.2, 0.25) is 0 Å². The molecule has 3 heteroatoms. The Morgan fingerprint density at radius 3 is 2.08 bits per heavy atom. The fourth-order valence-corrected chi connectivity index (χ4v) is 8.04. The second-order valence-corrected chi connectivity index (χ2v) is 10.2. The molecule has 4 bridgehead atoms. The van der Waals surface area contributed by atoms with Crippen LogP contribution in [0.4, 0.5) is 0 Å². The van der Waals surface area contributed by atoms with Gasteiger partial charge < -0.3 is 0 Å². The van der Waals surface area contributed by atoms with E-state index in [1.54, 1.807) is 0 Å². The normalized spacial score (nSPS) is 44.1. The van der Waals surface area contributed by atoms with E-state index in [1.807, 2.05) is 5.73 Å². The molecule has 4 rings (SSSR count). The molecular formula is C21H39BN2. The molecule has 3 fully saturated rings. The minimum atomic E-state index is -0.165. The van der Waals surface area contributed by atoms with Gasteiger partial charge in [0.25, 0.3) is 0 Å². The number of amidine groups is 1. The van der Waals surface area contributed by atoms with Crippen molar-refractivity contribution in [3.63, 3.8) is 0 Å². The molecule has 0 unspecified atom stereocenters. The standard InChI is InChI=1S/C21H39BN2/c1-6-23-18-14-15-21(5,20(18,3)4)24(7-2)19(23)22-16-10-8-11-17(22)13-9-12-16/h16-18,22H,6-15H2,1-5H3/t16?,17?,18-,21+,22?/m1/s1. The van der Waals surface area contributed by atoms with Gasteiger partial charge in [0.05, 0.1) is 18.8 Å². The molecule has 0 N–H and O–H groups in total. The van der Waals surface area contributed by atoms with Crippen molar-refractivity contribution in [3.05, 3.63) is 0 Å². The molecule has 4 aliphatic rings. The lowest BCUT2D eigenvalue weighted by Gasteiger charge is -2.57. The third-order valence-electron chi connectivity index (χ3n) is 9.46. The quantitative estimate of drug-likeness (QED) is 0.542. The van der Waals surface area contributed by atoms with Crippen molar-refractivity contribution in [2.75, 3.05) is 13.1 Å². The van der Waals surface area contributed by atoms with E-state index >= 15 is 0 Å². The molecule has 1 aliphatic carbocycles. The Bertz CT molecular complexity index is 518. The summed E-state index contributed by atoms with van der Waals surface area (Å²) in [5, 5.41) is 0. The lowest BCUT2D eigenvalue weighted by Crippen LogP contribution is -2.69. The zero-order valence-electron chi connectivity index (χ0n) is 16.9. The number of nitrogens with zero attached hydrogens (tertiary/aromatic N) is 2. The van der Waals surface area contributed by atoms with Gasteiger partial charge in [-0.05, 0) is 33.6 Å². The van der Waals surface area contributed by atoms with Gasteiger partial charge in [-0.3, -0.25) is 9.48 Å². The van der Waals surface area contributed by atoms with E-state index in [2.05, 4.69) is 44.1 Å².